The van der Waals surface area contributed by atoms with Gasteiger partial charge in [-0.15, -0.1) is 0 Å². The molecule has 0 N–H and O–H groups in total. The third kappa shape index (κ3) is 5.81. The number of likely N-dealkylation sites (tertiary alicyclic amines) is 1. The molecule has 1 saturated heterocycles. The Morgan fingerprint density at radius 3 is 2.82 bits per heavy atom. The van der Waals surface area contributed by atoms with Gasteiger partial charge in [-0.05, 0) is 55.3 Å². The highest BCUT2D eigenvalue weighted by atomic mass is 35.5. The van der Waals surface area contributed by atoms with E-state index in [-0.39, 0.29) is 5.91 Å². The molecule has 1 atom stereocenters. The summed E-state index contributed by atoms with van der Waals surface area (Å²) in [6.45, 7) is 4.97. The Morgan fingerprint density at radius 2 is 2.09 bits per heavy atom. The van der Waals surface area contributed by atoms with Gasteiger partial charge in [0.2, 0.25) is 5.91 Å². The summed E-state index contributed by atoms with van der Waals surface area (Å²) >= 11 is 6.16. The molecular formula is C26H28ClN5O. The first kappa shape index (κ1) is 23.0. The number of nitrogens with zero attached hydrogens (tertiary/aromatic N) is 5. The first-order valence-corrected chi connectivity index (χ1v) is 11.7. The van der Waals surface area contributed by atoms with Gasteiger partial charge in [-0.3, -0.25) is 9.69 Å². The van der Waals surface area contributed by atoms with E-state index in [1.165, 1.54) is 5.69 Å². The van der Waals surface area contributed by atoms with Gasteiger partial charge < -0.3 is 9.47 Å². The normalized spacial score (nSPS) is 16.0. The van der Waals surface area contributed by atoms with Crippen LogP contribution in [0.25, 0.3) is 0 Å². The fraction of sp³-hybridized carbons (Fsp3) is 0.346. The number of halogens is 1. The number of rotatable bonds is 8. The van der Waals surface area contributed by atoms with E-state index in [0.717, 1.165) is 50.1 Å². The second kappa shape index (κ2) is 10.7. The fourth-order valence-corrected chi connectivity index (χ4v) is 4.69. The zero-order valence-electron chi connectivity index (χ0n) is 18.8. The number of nitriles is 1. The van der Waals surface area contributed by atoms with Crippen LogP contribution >= 0.6 is 11.6 Å². The lowest BCUT2D eigenvalue weighted by atomic mass is 10.1. The number of anilines is 1. The number of amides is 1. The summed E-state index contributed by atoms with van der Waals surface area (Å²) < 4.78 is 2.17. The highest BCUT2D eigenvalue weighted by Gasteiger charge is 2.28. The molecule has 1 aromatic heterocycles. The lowest BCUT2D eigenvalue weighted by Gasteiger charge is -2.30. The highest BCUT2D eigenvalue weighted by Crippen LogP contribution is 2.24. The monoisotopic (exact) mass is 461 g/mol. The van der Waals surface area contributed by atoms with Gasteiger partial charge in [0.25, 0.3) is 0 Å². The van der Waals surface area contributed by atoms with Gasteiger partial charge in [-0.25, -0.2) is 4.98 Å². The van der Waals surface area contributed by atoms with Crippen LogP contribution in [0.3, 0.4) is 0 Å². The van der Waals surface area contributed by atoms with E-state index in [1.807, 2.05) is 66.0 Å². The summed E-state index contributed by atoms with van der Waals surface area (Å²) in [6, 6.07) is 17.7. The van der Waals surface area contributed by atoms with Crippen LogP contribution in [0.4, 0.5) is 5.69 Å². The van der Waals surface area contributed by atoms with Crippen molar-refractivity contribution < 1.29 is 4.79 Å². The standard InChI is InChI=1S/C26H28ClN5O/c1-20(33)32(24-5-2-4-23(27)14-24)18-26-6-3-12-30(26)13-11-25-16-29-19-31(25)17-22-9-7-21(15-28)8-10-22/h2,4-5,7-10,14,16,19,26H,3,6,11-13,17-18H2,1H3/t26-/m0/s1. The van der Waals surface area contributed by atoms with Crippen LogP contribution in [0.2, 0.25) is 5.02 Å². The average Bonchev–Trinajstić information content (AvgIpc) is 3.45. The molecule has 6 nitrogen and oxygen atoms in total. The zero-order valence-corrected chi connectivity index (χ0v) is 19.6. The number of benzene rings is 2. The Hall–Kier alpha value is -3.14. The number of carbonyl (C=O) groups is 1. The van der Waals surface area contributed by atoms with Crippen molar-refractivity contribution in [3.63, 3.8) is 0 Å². The van der Waals surface area contributed by atoms with Crippen molar-refractivity contribution in [3.05, 3.63) is 82.9 Å². The molecule has 170 valence electrons. The minimum Gasteiger partial charge on any atom is -0.330 e. The Balaban J connectivity index is 1.39. The average molecular weight is 462 g/mol. The lowest BCUT2D eigenvalue weighted by Crippen LogP contribution is -2.43. The lowest BCUT2D eigenvalue weighted by molar-refractivity contribution is -0.116. The van der Waals surface area contributed by atoms with Gasteiger partial charge in [-0.2, -0.15) is 5.26 Å². The smallest absolute Gasteiger partial charge is 0.223 e. The zero-order chi connectivity index (χ0) is 23.2. The molecule has 1 aliphatic rings. The Kier molecular flexibility index (Phi) is 7.43. The fourth-order valence-electron chi connectivity index (χ4n) is 4.51. The second-order valence-corrected chi connectivity index (χ2v) is 8.95. The molecule has 1 fully saturated rings. The maximum absolute atomic E-state index is 12.4. The Bertz CT molecular complexity index is 1130. The summed E-state index contributed by atoms with van der Waals surface area (Å²) in [6.07, 6.45) is 6.91. The molecule has 0 spiro atoms. The van der Waals surface area contributed by atoms with Crippen LogP contribution in [0.1, 0.15) is 36.6 Å². The second-order valence-electron chi connectivity index (χ2n) is 8.51. The van der Waals surface area contributed by atoms with Crippen LogP contribution in [0.5, 0.6) is 0 Å². The topological polar surface area (TPSA) is 65.2 Å². The van der Waals surface area contributed by atoms with Crippen molar-refractivity contribution in [1.82, 2.24) is 14.5 Å². The van der Waals surface area contributed by atoms with E-state index in [0.29, 0.717) is 23.2 Å². The molecule has 0 radical (unpaired) electrons. The van der Waals surface area contributed by atoms with Crippen LogP contribution < -0.4 is 4.90 Å². The summed E-state index contributed by atoms with van der Waals surface area (Å²) in [5.41, 5.74) is 3.85. The maximum Gasteiger partial charge on any atom is 0.223 e. The third-order valence-corrected chi connectivity index (χ3v) is 6.52. The Morgan fingerprint density at radius 1 is 1.27 bits per heavy atom. The molecule has 1 aliphatic heterocycles. The van der Waals surface area contributed by atoms with E-state index in [9.17, 15) is 4.79 Å². The first-order valence-electron chi connectivity index (χ1n) is 11.3. The molecule has 0 saturated carbocycles. The predicted molar refractivity (Wildman–Crippen MR) is 130 cm³/mol. The van der Waals surface area contributed by atoms with Gasteiger partial charge in [0.15, 0.2) is 0 Å². The molecule has 0 bridgehead atoms. The molecule has 3 aromatic rings. The number of aromatic nitrogens is 2. The minimum atomic E-state index is 0.0320. The van der Waals surface area contributed by atoms with Gasteiger partial charge in [0, 0.05) is 61.6 Å². The van der Waals surface area contributed by atoms with Crippen LogP contribution in [0, 0.1) is 11.3 Å². The van der Waals surface area contributed by atoms with Crippen LogP contribution in [-0.4, -0.2) is 46.0 Å². The van der Waals surface area contributed by atoms with Gasteiger partial charge in [0.1, 0.15) is 0 Å². The van der Waals surface area contributed by atoms with E-state index in [1.54, 1.807) is 6.92 Å². The van der Waals surface area contributed by atoms with Crippen LogP contribution in [0.15, 0.2) is 61.1 Å². The van der Waals surface area contributed by atoms with Crippen molar-refractivity contribution >= 4 is 23.2 Å². The summed E-state index contributed by atoms with van der Waals surface area (Å²) in [7, 11) is 0. The summed E-state index contributed by atoms with van der Waals surface area (Å²) in [5.74, 6) is 0.0320. The van der Waals surface area contributed by atoms with E-state index >= 15 is 0 Å². The number of hydrogen-bond donors (Lipinski definition) is 0. The van der Waals surface area contributed by atoms with E-state index in [2.05, 4.69) is 20.5 Å². The van der Waals surface area contributed by atoms with Crippen molar-refractivity contribution in [2.75, 3.05) is 24.5 Å². The number of hydrogen-bond acceptors (Lipinski definition) is 4. The third-order valence-electron chi connectivity index (χ3n) is 6.28. The van der Waals surface area contributed by atoms with Crippen molar-refractivity contribution in [2.45, 2.75) is 38.8 Å². The SMILES string of the molecule is CC(=O)N(C[C@@H]1CCCN1CCc1cncn1Cc1ccc(C#N)cc1)c1cccc(Cl)c1. The van der Waals surface area contributed by atoms with Gasteiger partial charge in [-0.1, -0.05) is 29.8 Å². The van der Waals surface area contributed by atoms with Gasteiger partial charge in [0.05, 0.1) is 18.0 Å². The molecule has 7 heteroatoms. The predicted octanol–water partition coefficient (Wildman–Crippen LogP) is 4.52. The largest absolute Gasteiger partial charge is 0.330 e. The number of imidazole rings is 1. The Labute approximate surface area is 200 Å². The van der Waals surface area contributed by atoms with Crippen LogP contribution in [-0.2, 0) is 17.8 Å². The molecule has 0 unspecified atom stereocenters. The quantitative estimate of drug-likeness (QED) is 0.494. The molecule has 1 amide bonds. The molecule has 33 heavy (non-hydrogen) atoms. The van der Waals surface area contributed by atoms with Crippen molar-refractivity contribution in [2.24, 2.45) is 0 Å². The molecule has 2 heterocycles. The summed E-state index contributed by atoms with van der Waals surface area (Å²) in [5, 5.41) is 9.63. The highest BCUT2D eigenvalue weighted by molar-refractivity contribution is 6.30. The summed E-state index contributed by atoms with van der Waals surface area (Å²) in [4.78, 5) is 21.1. The van der Waals surface area contributed by atoms with Crippen molar-refractivity contribution in [1.29, 1.82) is 5.26 Å². The van der Waals surface area contributed by atoms with E-state index < -0.39 is 0 Å². The minimum absolute atomic E-state index is 0.0320. The number of carbonyl (C=O) groups excluding carboxylic acids is 1. The first-order chi connectivity index (χ1) is 16.0. The molecular weight excluding hydrogens is 434 g/mol. The molecule has 2 aromatic carbocycles. The van der Waals surface area contributed by atoms with Crippen molar-refractivity contribution in [3.8, 4) is 6.07 Å². The van der Waals surface area contributed by atoms with E-state index in [4.69, 9.17) is 16.9 Å². The molecule has 0 aliphatic carbocycles. The molecule has 4 rings (SSSR count). The maximum atomic E-state index is 12.4. The van der Waals surface area contributed by atoms with Gasteiger partial charge >= 0.3 is 0 Å².